The molecule has 0 bridgehead atoms. The Labute approximate surface area is 209 Å². The summed E-state index contributed by atoms with van der Waals surface area (Å²) in [6.07, 6.45) is 5.19. The fourth-order valence-corrected chi connectivity index (χ4v) is 4.30. The lowest BCUT2D eigenvalue weighted by Gasteiger charge is -2.36. The van der Waals surface area contributed by atoms with Crippen LogP contribution in [0.15, 0.2) is 30.6 Å². The number of benzene rings is 1. The number of morpholine rings is 1. The van der Waals surface area contributed by atoms with Gasteiger partial charge in [0.2, 0.25) is 5.95 Å². The largest absolute Gasteiger partial charge is 0.367 e. The van der Waals surface area contributed by atoms with Gasteiger partial charge < -0.3 is 9.64 Å². The summed E-state index contributed by atoms with van der Waals surface area (Å²) in [7, 11) is 0. The average molecular weight is 484 g/mol. The third-order valence-corrected chi connectivity index (χ3v) is 6.16. The van der Waals surface area contributed by atoms with Gasteiger partial charge in [-0.3, -0.25) is 4.68 Å². The molecule has 4 aromatic rings. The Morgan fingerprint density at radius 3 is 2.66 bits per heavy atom. The molecule has 0 spiro atoms. The summed E-state index contributed by atoms with van der Waals surface area (Å²) < 4.78 is 84.2. The molecule has 0 unspecified atom stereocenters. The summed E-state index contributed by atoms with van der Waals surface area (Å²) in [4.78, 5) is 19.1. The fraction of sp³-hybridized carbons (Fsp3) is 0.400. The first-order chi connectivity index (χ1) is 19.3. The van der Waals surface area contributed by atoms with Crippen LogP contribution in [0.25, 0.3) is 22.4 Å². The Bertz CT molecular complexity index is 1640. The van der Waals surface area contributed by atoms with Crippen molar-refractivity contribution in [2.75, 3.05) is 18.0 Å². The normalized spacial score (nSPS) is 23.8. The molecule has 6 rings (SSSR count). The Balaban J connectivity index is 1.51. The van der Waals surface area contributed by atoms with Crippen molar-refractivity contribution in [1.29, 1.82) is 0 Å². The summed E-state index contributed by atoms with van der Waals surface area (Å²) in [5.74, 6) is -1.70. The van der Waals surface area contributed by atoms with Crippen LogP contribution in [0, 0.1) is 25.3 Å². The van der Waals surface area contributed by atoms with E-state index >= 15 is 4.39 Å². The molecular weight excluding hydrogens is 452 g/mol. The third-order valence-electron chi connectivity index (χ3n) is 6.16. The van der Waals surface area contributed by atoms with E-state index in [0.717, 1.165) is 30.5 Å². The minimum atomic E-state index is -2.94. The number of aryl methyl sites for hydroxylation is 2. The number of ether oxygens (including phenoxy) is 1. The van der Waals surface area contributed by atoms with Crippen LogP contribution < -0.4 is 4.90 Å². The lowest BCUT2D eigenvalue weighted by atomic mass is 10.1. The second-order valence-electron chi connectivity index (χ2n) is 8.91. The van der Waals surface area contributed by atoms with E-state index in [0.29, 0.717) is 25.2 Å². The highest BCUT2D eigenvalue weighted by atomic mass is 19.1. The molecule has 10 heteroatoms. The van der Waals surface area contributed by atoms with E-state index in [-0.39, 0.29) is 34.5 Å². The Kier molecular flexibility index (Phi) is 3.84. The van der Waals surface area contributed by atoms with Crippen molar-refractivity contribution in [3.8, 4) is 11.3 Å². The maximum atomic E-state index is 15.1. The highest BCUT2D eigenvalue weighted by Gasteiger charge is 2.32. The van der Waals surface area contributed by atoms with Gasteiger partial charge in [0.05, 0.1) is 36.3 Å². The number of hydrogen-bond acceptors (Lipinski definition) is 7. The van der Waals surface area contributed by atoms with E-state index in [1.165, 1.54) is 0 Å². The van der Waals surface area contributed by atoms with Crippen molar-refractivity contribution in [2.24, 2.45) is 0 Å². The van der Waals surface area contributed by atoms with Gasteiger partial charge in [-0.25, -0.2) is 23.7 Å². The Morgan fingerprint density at radius 2 is 1.89 bits per heavy atom. The second-order valence-corrected chi connectivity index (χ2v) is 8.91. The van der Waals surface area contributed by atoms with Gasteiger partial charge in [0.1, 0.15) is 28.9 Å². The molecule has 3 aromatic heterocycles. The SMILES string of the molecule is [2H]C([2H])([2H])c1nc2nc(N3C[C@@H](C)O[C@@H](c4cnn(C5CC5)c4)C3)nc(-c3ccc(F)cc3F)c2nc1C([2H])([2H])[2H]. The maximum Gasteiger partial charge on any atom is 0.228 e. The fourth-order valence-electron chi connectivity index (χ4n) is 4.30. The molecule has 180 valence electrons. The summed E-state index contributed by atoms with van der Waals surface area (Å²) in [5, 5.41) is 4.45. The number of fused-ring (bicyclic) bond motifs is 1. The quantitative estimate of drug-likeness (QED) is 0.423. The molecule has 0 N–H and O–H groups in total. The van der Waals surface area contributed by atoms with Gasteiger partial charge in [-0.1, -0.05) is 0 Å². The van der Waals surface area contributed by atoms with Crippen LogP contribution in [-0.2, 0) is 4.74 Å². The average Bonchev–Trinajstić information content (AvgIpc) is 3.62. The zero-order valence-corrected chi connectivity index (χ0v) is 18.7. The monoisotopic (exact) mass is 483 g/mol. The van der Waals surface area contributed by atoms with Gasteiger partial charge in [-0.15, -0.1) is 0 Å². The van der Waals surface area contributed by atoms with Crippen LogP contribution in [0.1, 0.15) is 57.1 Å². The zero-order chi connectivity index (χ0) is 29.3. The summed E-state index contributed by atoms with van der Waals surface area (Å²) in [5.41, 5.74) is -1.40. The van der Waals surface area contributed by atoms with Gasteiger partial charge in [0, 0.05) is 38.2 Å². The maximum absolute atomic E-state index is 15.1. The molecule has 1 saturated heterocycles. The molecule has 1 aromatic carbocycles. The van der Waals surface area contributed by atoms with Crippen LogP contribution in [-0.4, -0.2) is 48.9 Å². The van der Waals surface area contributed by atoms with Crippen molar-refractivity contribution in [3.63, 3.8) is 0 Å². The van der Waals surface area contributed by atoms with Crippen LogP contribution in [0.3, 0.4) is 0 Å². The van der Waals surface area contributed by atoms with E-state index in [4.69, 9.17) is 13.0 Å². The van der Waals surface area contributed by atoms with Crippen LogP contribution >= 0.6 is 0 Å². The van der Waals surface area contributed by atoms with Crippen molar-refractivity contribution < 1.29 is 21.7 Å². The van der Waals surface area contributed by atoms with Crippen molar-refractivity contribution in [3.05, 3.63) is 59.2 Å². The smallest absolute Gasteiger partial charge is 0.228 e. The molecule has 0 amide bonds. The highest BCUT2D eigenvalue weighted by molar-refractivity contribution is 5.88. The molecule has 1 aliphatic heterocycles. The first-order valence-electron chi connectivity index (χ1n) is 14.3. The van der Waals surface area contributed by atoms with Gasteiger partial charge in [-0.2, -0.15) is 10.1 Å². The number of nitrogens with zero attached hydrogens (tertiary/aromatic N) is 7. The molecule has 2 atom stereocenters. The number of anilines is 1. The number of halogens is 2. The zero-order valence-electron chi connectivity index (χ0n) is 24.7. The Morgan fingerprint density at radius 1 is 1.06 bits per heavy atom. The molecule has 4 heterocycles. The second kappa shape index (κ2) is 8.30. The van der Waals surface area contributed by atoms with Crippen LogP contribution in [0.4, 0.5) is 14.7 Å². The van der Waals surface area contributed by atoms with E-state index in [2.05, 4.69) is 25.0 Å². The minimum absolute atomic E-state index is 0.0818. The van der Waals surface area contributed by atoms with Crippen molar-refractivity contribution >= 4 is 17.1 Å². The summed E-state index contributed by atoms with van der Waals surface area (Å²) in [6, 6.07) is 3.25. The molecule has 1 saturated carbocycles. The Hall–Kier alpha value is -3.53. The lowest BCUT2D eigenvalue weighted by Crippen LogP contribution is -2.43. The molecule has 8 nitrogen and oxygen atoms in total. The molecule has 35 heavy (non-hydrogen) atoms. The van der Waals surface area contributed by atoms with E-state index in [1.54, 1.807) is 11.1 Å². The highest BCUT2D eigenvalue weighted by Crippen LogP contribution is 2.36. The van der Waals surface area contributed by atoms with Gasteiger partial charge in [0.15, 0.2) is 5.65 Å². The van der Waals surface area contributed by atoms with Crippen molar-refractivity contribution in [2.45, 2.75) is 51.7 Å². The number of rotatable bonds is 4. The minimum Gasteiger partial charge on any atom is -0.367 e. The van der Waals surface area contributed by atoms with Gasteiger partial charge in [-0.05, 0) is 45.6 Å². The molecule has 2 aliphatic rings. The third kappa shape index (κ3) is 4.12. The summed E-state index contributed by atoms with van der Waals surface area (Å²) >= 11 is 0. The van der Waals surface area contributed by atoms with Crippen LogP contribution in [0.2, 0.25) is 0 Å². The van der Waals surface area contributed by atoms with E-state index < -0.39 is 42.8 Å². The predicted octanol–water partition coefficient (Wildman–Crippen LogP) is 4.48. The first-order valence-corrected chi connectivity index (χ1v) is 11.3. The molecule has 2 fully saturated rings. The van der Waals surface area contributed by atoms with E-state index in [9.17, 15) is 4.39 Å². The molecule has 0 radical (unpaired) electrons. The molecular formula is C25H25F2N7O. The van der Waals surface area contributed by atoms with Crippen molar-refractivity contribution in [1.82, 2.24) is 29.7 Å². The summed E-state index contributed by atoms with van der Waals surface area (Å²) in [6.45, 7) is -3.35. The molecule has 1 aliphatic carbocycles. The van der Waals surface area contributed by atoms with Crippen LogP contribution in [0.5, 0.6) is 0 Å². The van der Waals surface area contributed by atoms with Gasteiger partial charge in [0.25, 0.3) is 0 Å². The predicted molar refractivity (Wildman–Crippen MR) is 126 cm³/mol. The standard InChI is InChI=1S/C25H25F2N7O/c1-13-10-33(12-21(35-13)16-9-28-34(11-16)18-5-6-18)25-31-22(19-7-4-17(26)8-20(19)27)23-24(32-25)30-15(3)14(2)29-23/h4,7-9,11,13,18,21H,5-6,10,12H2,1-3H3/t13-,21-/m1/s1/i2D3,3D3. The lowest BCUT2D eigenvalue weighted by molar-refractivity contribution is -0.0178. The number of hydrogen-bond donors (Lipinski definition) is 0. The first kappa shape index (κ1) is 16.2. The number of aromatic nitrogens is 6. The van der Waals surface area contributed by atoms with E-state index in [1.807, 2.05) is 17.8 Å². The topological polar surface area (TPSA) is 81.9 Å². The van der Waals surface area contributed by atoms with Gasteiger partial charge >= 0.3 is 0 Å².